The molecule has 192 valence electrons. The van der Waals surface area contributed by atoms with Gasteiger partial charge in [-0.05, 0) is 56.1 Å². The molecule has 4 rings (SSSR count). The summed E-state index contributed by atoms with van der Waals surface area (Å²) >= 11 is 0. The van der Waals surface area contributed by atoms with Crippen LogP contribution in [0, 0.1) is 5.92 Å². The zero-order chi connectivity index (χ0) is 24.8. The molecular weight excluding hydrogens is 452 g/mol. The van der Waals surface area contributed by atoms with Crippen molar-refractivity contribution in [2.24, 2.45) is 5.92 Å². The van der Waals surface area contributed by atoms with Crippen LogP contribution in [-0.4, -0.2) is 77.5 Å². The third kappa shape index (κ3) is 7.06. The quantitative estimate of drug-likeness (QED) is 0.458. The number of carbonyl (C=O) groups excluding carboxylic acids is 2. The van der Waals surface area contributed by atoms with E-state index in [1.165, 1.54) is 12.5 Å². The molecule has 1 aromatic heterocycles. The van der Waals surface area contributed by atoms with Gasteiger partial charge in [0.1, 0.15) is 18.0 Å². The summed E-state index contributed by atoms with van der Waals surface area (Å²) in [6.07, 6.45) is 5.86. The molecule has 0 unspecified atom stereocenters. The van der Waals surface area contributed by atoms with Crippen molar-refractivity contribution >= 4 is 23.8 Å². The van der Waals surface area contributed by atoms with Crippen molar-refractivity contribution < 1.29 is 29.0 Å². The van der Waals surface area contributed by atoms with E-state index in [1.54, 1.807) is 4.90 Å². The van der Waals surface area contributed by atoms with Gasteiger partial charge in [0.05, 0.1) is 12.6 Å². The van der Waals surface area contributed by atoms with Gasteiger partial charge in [0.2, 0.25) is 5.91 Å². The number of aryl methyl sites for hydroxylation is 2. The average molecular weight is 489 g/mol. The van der Waals surface area contributed by atoms with Gasteiger partial charge >= 0.3 is 12.1 Å². The summed E-state index contributed by atoms with van der Waals surface area (Å²) < 4.78 is 11.1. The predicted molar refractivity (Wildman–Crippen MR) is 128 cm³/mol. The molecule has 0 aromatic carbocycles. The second-order valence-electron chi connectivity index (χ2n) is 9.81. The van der Waals surface area contributed by atoms with Crippen LogP contribution in [0.5, 0.6) is 0 Å². The lowest BCUT2D eigenvalue weighted by Gasteiger charge is -2.35. The Kier molecular flexibility index (Phi) is 8.43. The number of hydrogen-bond donors (Lipinski definition) is 3. The molecule has 3 N–H and O–H groups in total. The number of hydrogen-bond acceptors (Lipinski definition) is 7. The Morgan fingerprint density at radius 1 is 1.29 bits per heavy atom. The minimum absolute atomic E-state index is 0.0668. The van der Waals surface area contributed by atoms with E-state index in [-0.39, 0.29) is 25.0 Å². The summed E-state index contributed by atoms with van der Waals surface area (Å²) in [6, 6.07) is 3.25. The molecule has 3 aliphatic rings. The zero-order valence-corrected chi connectivity index (χ0v) is 20.3. The Morgan fingerprint density at radius 2 is 2.11 bits per heavy atom. The third-order valence-electron chi connectivity index (χ3n) is 7.17. The fourth-order valence-corrected chi connectivity index (χ4v) is 4.95. The van der Waals surface area contributed by atoms with Crippen molar-refractivity contribution in [3.63, 3.8) is 0 Å². The first-order chi connectivity index (χ1) is 16.9. The number of ether oxygens (including phenoxy) is 2. The first-order valence-electron chi connectivity index (χ1n) is 12.7. The fraction of sp³-hybridized carbons (Fsp3) is 0.680. The topological polar surface area (TPSA) is 130 Å². The molecule has 3 heterocycles. The number of pyridine rings is 1. The fourth-order valence-electron chi connectivity index (χ4n) is 4.95. The highest BCUT2D eigenvalue weighted by atomic mass is 16.6. The first kappa shape index (κ1) is 25.2. The Balaban J connectivity index is 1.10. The molecule has 1 aliphatic carbocycles. The van der Waals surface area contributed by atoms with Crippen molar-refractivity contribution in [2.45, 2.75) is 76.5 Å². The average Bonchev–Trinajstić information content (AvgIpc) is 3.27. The van der Waals surface area contributed by atoms with Crippen LogP contribution in [-0.2, 0) is 31.9 Å². The maximum absolute atomic E-state index is 12.1. The van der Waals surface area contributed by atoms with Gasteiger partial charge in [-0.2, -0.15) is 0 Å². The standard InChI is InChI=1S/C25H36N4O6/c1-16(30)29-11-8-20(15-29)35-25(33)28-22(24(31)32)9-12-34-21-13-17(14-21)4-6-19-7-5-18-3-2-10-26-23(18)27-19/h5,7,17,20-22H,2-4,6,8-15H2,1H3,(H,26,27)(H,28,33)(H,31,32)/t17-,20-,21-,22-/m0/s1. The van der Waals surface area contributed by atoms with Gasteiger partial charge in [-0.25, -0.2) is 14.6 Å². The predicted octanol–water partition coefficient (Wildman–Crippen LogP) is 2.36. The van der Waals surface area contributed by atoms with Crippen LogP contribution >= 0.6 is 0 Å². The number of nitrogens with one attached hydrogen (secondary N) is 2. The lowest BCUT2D eigenvalue weighted by atomic mass is 9.79. The molecule has 0 bridgehead atoms. The van der Waals surface area contributed by atoms with Gasteiger partial charge in [0.15, 0.2) is 0 Å². The highest BCUT2D eigenvalue weighted by molar-refractivity contribution is 5.80. The molecule has 1 saturated carbocycles. The summed E-state index contributed by atoms with van der Waals surface area (Å²) in [6.45, 7) is 3.59. The van der Waals surface area contributed by atoms with Crippen LogP contribution in [0.25, 0.3) is 0 Å². The number of amides is 2. The largest absolute Gasteiger partial charge is 0.480 e. The summed E-state index contributed by atoms with van der Waals surface area (Å²) in [5, 5.41) is 15.2. The summed E-state index contributed by atoms with van der Waals surface area (Å²) in [5.74, 6) is 0.439. The van der Waals surface area contributed by atoms with E-state index in [0.717, 1.165) is 56.6 Å². The smallest absolute Gasteiger partial charge is 0.408 e. The van der Waals surface area contributed by atoms with Crippen LogP contribution in [0.3, 0.4) is 0 Å². The number of alkyl carbamates (subject to hydrolysis) is 1. The van der Waals surface area contributed by atoms with E-state index in [1.807, 2.05) is 0 Å². The van der Waals surface area contributed by atoms with Crippen LogP contribution in [0.15, 0.2) is 12.1 Å². The number of aliphatic carboxylic acids is 1. The summed E-state index contributed by atoms with van der Waals surface area (Å²) in [5.41, 5.74) is 2.43. The lowest BCUT2D eigenvalue weighted by molar-refractivity contribution is -0.140. The number of likely N-dealkylation sites (tertiary alicyclic amines) is 1. The van der Waals surface area contributed by atoms with Crippen LogP contribution in [0.4, 0.5) is 10.6 Å². The number of aromatic nitrogens is 1. The van der Waals surface area contributed by atoms with Crippen molar-refractivity contribution in [3.05, 3.63) is 23.4 Å². The molecule has 10 nitrogen and oxygen atoms in total. The van der Waals surface area contributed by atoms with E-state index in [9.17, 15) is 19.5 Å². The molecule has 2 atom stereocenters. The second kappa shape index (κ2) is 11.7. The molecule has 0 radical (unpaired) electrons. The lowest BCUT2D eigenvalue weighted by Crippen LogP contribution is -2.43. The zero-order valence-electron chi connectivity index (χ0n) is 20.3. The molecule has 1 aromatic rings. The monoisotopic (exact) mass is 488 g/mol. The summed E-state index contributed by atoms with van der Waals surface area (Å²) in [7, 11) is 0. The van der Waals surface area contributed by atoms with Gasteiger partial charge in [0, 0.05) is 45.2 Å². The number of anilines is 1. The van der Waals surface area contributed by atoms with Crippen LogP contribution in [0.1, 0.15) is 56.7 Å². The molecule has 10 heteroatoms. The van der Waals surface area contributed by atoms with Crippen LogP contribution in [0.2, 0.25) is 0 Å². The molecule has 1 saturated heterocycles. The highest BCUT2D eigenvalue weighted by Crippen LogP contribution is 2.34. The van der Waals surface area contributed by atoms with Crippen molar-refractivity contribution in [2.75, 3.05) is 31.6 Å². The minimum Gasteiger partial charge on any atom is -0.480 e. The van der Waals surface area contributed by atoms with E-state index in [2.05, 4.69) is 22.8 Å². The molecule has 35 heavy (non-hydrogen) atoms. The van der Waals surface area contributed by atoms with Crippen molar-refractivity contribution in [1.82, 2.24) is 15.2 Å². The maximum atomic E-state index is 12.1. The van der Waals surface area contributed by atoms with Gasteiger partial charge in [-0.1, -0.05) is 6.07 Å². The number of rotatable bonds is 10. The number of fused-ring (bicyclic) bond motifs is 1. The van der Waals surface area contributed by atoms with Crippen molar-refractivity contribution in [1.29, 1.82) is 0 Å². The van der Waals surface area contributed by atoms with Gasteiger partial charge in [-0.3, -0.25) is 4.79 Å². The normalized spacial score (nSPS) is 24.0. The summed E-state index contributed by atoms with van der Waals surface area (Å²) in [4.78, 5) is 41.4. The first-order valence-corrected chi connectivity index (χ1v) is 12.7. The van der Waals surface area contributed by atoms with Crippen molar-refractivity contribution in [3.8, 4) is 0 Å². The molecule has 2 amide bonds. The maximum Gasteiger partial charge on any atom is 0.408 e. The van der Waals surface area contributed by atoms with E-state index >= 15 is 0 Å². The van der Waals surface area contributed by atoms with Crippen LogP contribution < -0.4 is 10.6 Å². The number of carbonyl (C=O) groups is 3. The highest BCUT2D eigenvalue weighted by Gasteiger charge is 2.31. The number of carboxylic acids is 1. The van der Waals surface area contributed by atoms with E-state index in [0.29, 0.717) is 25.4 Å². The van der Waals surface area contributed by atoms with Gasteiger partial charge in [0.25, 0.3) is 0 Å². The Hall–Kier alpha value is -2.88. The number of carboxylic acid groups (broad SMARTS) is 1. The Labute approximate surface area is 205 Å². The minimum atomic E-state index is -1.12. The molecule has 2 fully saturated rings. The number of nitrogens with zero attached hydrogens (tertiary/aromatic N) is 2. The van der Waals surface area contributed by atoms with E-state index in [4.69, 9.17) is 14.5 Å². The molecule has 0 spiro atoms. The van der Waals surface area contributed by atoms with Gasteiger partial charge < -0.3 is 30.1 Å². The second-order valence-corrected chi connectivity index (χ2v) is 9.81. The van der Waals surface area contributed by atoms with Gasteiger partial charge in [-0.15, -0.1) is 0 Å². The third-order valence-corrected chi connectivity index (χ3v) is 7.17. The Morgan fingerprint density at radius 3 is 2.86 bits per heavy atom. The Bertz CT molecular complexity index is 919. The SMILES string of the molecule is CC(=O)N1CC[C@H](OC(=O)N[C@@H](CCO[C@H]2C[C@H](CCc3ccc4c(n3)NCCC4)C2)C(=O)O)C1. The molecule has 2 aliphatic heterocycles. The van der Waals surface area contributed by atoms with E-state index < -0.39 is 24.2 Å². The molecular formula is C25H36N4O6.